The van der Waals surface area contributed by atoms with Crippen LogP contribution >= 0.6 is 0 Å². The zero-order valence-electron chi connectivity index (χ0n) is 12.9. The van der Waals surface area contributed by atoms with Crippen LogP contribution in [0.3, 0.4) is 0 Å². The summed E-state index contributed by atoms with van der Waals surface area (Å²) < 4.78 is 0. The number of benzene rings is 1. The van der Waals surface area contributed by atoms with Crippen LogP contribution in [0.2, 0.25) is 0 Å². The van der Waals surface area contributed by atoms with Gasteiger partial charge in [-0.05, 0) is 31.9 Å². The van der Waals surface area contributed by atoms with Crippen LogP contribution in [-0.2, 0) is 13.0 Å². The molecule has 0 saturated heterocycles. The number of anilines is 1. The van der Waals surface area contributed by atoms with Crippen LogP contribution in [0.25, 0.3) is 0 Å². The average molecular weight is 284 g/mol. The Bertz CT molecular complexity index is 554. The Morgan fingerprint density at radius 2 is 1.90 bits per heavy atom. The first kappa shape index (κ1) is 15.4. The van der Waals surface area contributed by atoms with E-state index in [1.54, 1.807) is 0 Å². The number of nitrogens with two attached hydrogens (primary N) is 1. The highest BCUT2D eigenvalue weighted by atomic mass is 15.2. The van der Waals surface area contributed by atoms with Crippen molar-refractivity contribution >= 4 is 5.82 Å². The summed E-state index contributed by atoms with van der Waals surface area (Å²) in [5.41, 5.74) is 8.04. The minimum atomic E-state index is 0.690. The molecule has 4 nitrogen and oxygen atoms in total. The van der Waals surface area contributed by atoms with Crippen molar-refractivity contribution < 1.29 is 0 Å². The van der Waals surface area contributed by atoms with E-state index in [2.05, 4.69) is 52.1 Å². The second kappa shape index (κ2) is 7.74. The summed E-state index contributed by atoms with van der Waals surface area (Å²) in [4.78, 5) is 11.4. The lowest BCUT2D eigenvalue weighted by Crippen LogP contribution is -2.27. The van der Waals surface area contributed by atoms with Crippen LogP contribution in [0, 0.1) is 6.92 Å². The predicted molar refractivity (Wildman–Crippen MR) is 87.3 cm³/mol. The van der Waals surface area contributed by atoms with E-state index >= 15 is 0 Å². The van der Waals surface area contributed by atoms with E-state index in [0.717, 1.165) is 43.3 Å². The van der Waals surface area contributed by atoms with Crippen LogP contribution in [-0.4, -0.2) is 23.1 Å². The highest BCUT2D eigenvalue weighted by Crippen LogP contribution is 2.17. The van der Waals surface area contributed by atoms with Gasteiger partial charge in [0.05, 0.1) is 0 Å². The van der Waals surface area contributed by atoms with Gasteiger partial charge in [-0.3, -0.25) is 0 Å². The fourth-order valence-electron chi connectivity index (χ4n) is 2.32. The number of aromatic nitrogens is 2. The number of nitrogens with zero attached hydrogens (tertiary/aromatic N) is 3. The van der Waals surface area contributed by atoms with Gasteiger partial charge in [-0.2, -0.15) is 0 Å². The van der Waals surface area contributed by atoms with Crippen LogP contribution in [0.15, 0.2) is 36.4 Å². The van der Waals surface area contributed by atoms with Crippen molar-refractivity contribution in [2.75, 3.05) is 18.0 Å². The molecule has 2 aromatic rings. The molecule has 2 rings (SSSR count). The summed E-state index contributed by atoms with van der Waals surface area (Å²) in [6.45, 7) is 6.51. The van der Waals surface area contributed by atoms with Crippen molar-refractivity contribution in [1.29, 1.82) is 0 Å². The number of aryl methyl sites for hydroxylation is 2. The summed E-state index contributed by atoms with van der Waals surface area (Å²) in [5.74, 6) is 1.83. The van der Waals surface area contributed by atoms with E-state index < -0.39 is 0 Å². The predicted octanol–water partition coefficient (Wildman–Crippen LogP) is 2.70. The first-order valence-corrected chi connectivity index (χ1v) is 7.56. The zero-order valence-corrected chi connectivity index (χ0v) is 12.9. The van der Waals surface area contributed by atoms with Gasteiger partial charge in [0.15, 0.2) is 0 Å². The largest absolute Gasteiger partial charge is 0.352 e. The van der Waals surface area contributed by atoms with Gasteiger partial charge in [-0.25, -0.2) is 9.97 Å². The molecule has 112 valence electrons. The normalized spacial score (nSPS) is 10.6. The Kier molecular flexibility index (Phi) is 5.69. The third-order valence-corrected chi connectivity index (χ3v) is 3.41. The molecule has 0 atom stereocenters. The Morgan fingerprint density at radius 1 is 1.14 bits per heavy atom. The molecule has 2 N–H and O–H groups in total. The molecule has 21 heavy (non-hydrogen) atoms. The van der Waals surface area contributed by atoms with Gasteiger partial charge in [0, 0.05) is 24.8 Å². The Hall–Kier alpha value is -1.94. The topological polar surface area (TPSA) is 55.0 Å². The van der Waals surface area contributed by atoms with Crippen molar-refractivity contribution in [2.45, 2.75) is 33.2 Å². The van der Waals surface area contributed by atoms with Crippen LogP contribution in [0.5, 0.6) is 0 Å². The molecule has 0 radical (unpaired) electrons. The summed E-state index contributed by atoms with van der Waals surface area (Å²) in [6.07, 6.45) is 1.88. The molecule has 0 spiro atoms. The number of hydrogen-bond donors (Lipinski definition) is 1. The minimum Gasteiger partial charge on any atom is -0.352 e. The SMILES string of the molecule is CCc1cc(N(CCCN)Cc2ccccc2)nc(C)n1. The van der Waals surface area contributed by atoms with E-state index in [4.69, 9.17) is 5.73 Å². The van der Waals surface area contributed by atoms with Crippen molar-refractivity contribution in [2.24, 2.45) is 5.73 Å². The standard InChI is InChI=1S/C17H24N4/c1-3-16-12-17(20-14(2)19-16)21(11-7-10-18)13-15-8-5-4-6-9-15/h4-6,8-9,12H,3,7,10-11,13,18H2,1-2H3. The lowest BCUT2D eigenvalue weighted by molar-refractivity contribution is 0.720. The van der Waals surface area contributed by atoms with Crippen molar-refractivity contribution in [3.8, 4) is 0 Å². The maximum Gasteiger partial charge on any atom is 0.132 e. The Labute approximate surface area is 127 Å². The molecule has 0 amide bonds. The van der Waals surface area contributed by atoms with Crippen molar-refractivity contribution in [3.05, 3.63) is 53.5 Å². The molecule has 4 heteroatoms. The Morgan fingerprint density at radius 3 is 2.57 bits per heavy atom. The molecular weight excluding hydrogens is 260 g/mol. The summed E-state index contributed by atoms with van der Waals surface area (Å²) in [6, 6.07) is 12.6. The van der Waals surface area contributed by atoms with Gasteiger partial charge in [0.2, 0.25) is 0 Å². The van der Waals surface area contributed by atoms with E-state index in [1.165, 1.54) is 5.56 Å². The van der Waals surface area contributed by atoms with Gasteiger partial charge >= 0.3 is 0 Å². The molecule has 1 aromatic heterocycles. The van der Waals surface area contributed by atoms with Crippen LogP contribution in [0.4, 0.5) is 5.82 Å². The van der Waals surface area contributed by atoms with Gasteiger partial charge < -0.3 is 10.6 Å². The van der Waals surface area contributed by atoms with Gasteiger partial charge in [-0.15, -0.1) is 0 Å². The maximum absolute atomic E-state index is 5.67. The fraction of sp³-hybridized carbons (Fsp3) is 0.412. The van der Waals surface area contributed by atoms with Crippen LogP contribution in [0.1, 0.15) is 30.4 Å². The molecular formula is C17H24N4. The van der Waals surface area contributed by atoms with Crippen molar-refractivity contribution in [1.82, 2.24) is 9.97 Å². The molecule has 0 bridgehead atoms. The van der Waals surface area contributed by atoms with E-state index in [9.17, 15) is 0 Å². The number of rotatable bonds is 7. The van der Waals surface area contributed by atoms with E-state index in [0.29, 0.717) is 6.54 Å². The second-order valence-electron chi connectivity index (χ2n) is 5.17. The maximum atomic E-state index is 5.67. The third kappa shape index (κ3) is 4.53. The van der Waals surface area contributed by atoms with Crippen LogP contribution < -0.4 is 10.6 Å². The zero-order chi connectivity index (χ0) is 15.1. The average Bonchev–Trinajstić information content (AvgIpc) is 2.51. The molecule has 0 saturated carbocycles. The first-order chi connectivity index (χ1) is 10.2. The van der Waals surface area contributed by atoms with E-state index in [1.807, 2.05) is 13.0 Å². The minimum absolute atomic E-state index is 0.690. The highest BCUT2D eigenvalue weighted by molar-refractivity contribution is 5.41. The molecule has 0 aliphatic rings. The summed E-state index contributed by atoms with van der Waals surface area (Å²) in [5, 5.41) is 0. The Balaban J connectivity index is 2.24. The third-order valence-electron chi connectivity index (χ3n) is 3.41. The molecule has 0 unspecified atom stereocenters. The summed E-state index contributed by atoms with van der Waals surface area (Å²) in [7, 11) is 0. The molecule has 1 heterocycles. The first-order valence-electron chi connectivity index (χ1n) is 7.56. The lowest BCUT2D eigenvalue weighted by Gasteiger charge is -2.24. The molecule has 0 aliphatic heterocycles. The van der Waals surface area contributed by atoms with Gasteiger partial charge in [0.25, 0.3) is 0 Å². The van der Waals surface area contributed by atoms with Gasteiger partial charge in [-0.1, -0.05) is 37.3 Å². The lowest BCUT2D eigenvalue weighted by atomic mass is 10.2. The van der Waals surface area contributed by atoms with Crippen molar-refractivity contribution in [3.63, 3.8) is 0 Å². The fourth-order valence-corrected chi connectivity index (χ4v) is 2.32. The molecule has 0 aliphatic carbocycles. The smallest absolute Gasteiger partial charge is 0.132 e. The molecule has 0 fully saturated rings. The monoisotopic (exact) mass is 284 g/mol. The molecule has 1 aromatic carbocycles. The highest BCUT2D eigenvalue weighted by Gasteiger charge is 2.10. The van der Waals surface area contributed by atoms with Gasteiger partial charge in [0.1, 0.15) is 11.6 Å². The van der Waals surface area contributed by atoms with E-state index in [-0.39, 0.29) is 0 Å². The quantitative estimate of drug-likeness (QED) is 0.849. The number of hydrogen-bond acceptors (Lipinski definition) is 4. The summed E-state index contributed by atoms with van der Waals surface area (Å²) >= 11 is 0. The second-order valence-corrected chi connectivity index (χ2v) is 5.17.